The first-order chi connectivity index (χ1) is 20.0. The number of aliphatic hydroxyl groups is 3. The molecule has 0 aromatic rings. The number of esters is 1. The first-order valence-corrected chi connectivity index (χ1v) is 16.8. The lowest BCUT2D eigenvalue weighted by Crippen LogP contribution is -2.76. The molecular formula is C31H43NO9S. The van der Waals surface area contributed by atoms with Gasteiger partial charge in [-0.1, -0.05) is 6.92 Å². The molecule has 8 rings (SSSR count). The molecule has 8 aliphatic rings. The quantitative estimate of drug-likeness (QED) is 0.273. The van der Waals surface area contributed by atoms with Crippen LogP contribution in [0.2, 0.25) is 0 Å². The van der Waals surface area contributed by atoms with Crippen molar-refractivity contribution in [3.63, 3.8) is 0 Å². The van der Waals surface area contributed by atoms with Gasteiger partial charge in [0.25, 0.3) is 5.79 Å². The van der Waals surface area contributed by atoms with E-state index in [9.17, 15) is 24.9 Å². The van der Waals surface area contributed by atoms with Crippen LogP contribution in [-0.4, -0.2) is 87.0 Å². The zero-order valence-corrected chi connectivity index (χ0v) is 25.2. The smallest absolute Gasteiger partial charge is 0.331 e. The maximum absolute atomic E-state index is 12.6. The van der Waals surface area contributed by atoms with E-state index in [2.05, 4.69) is 12.2 Å². The van der Waals surface area contributed by atoms with Crippen molar-refractivity contribution in [2.24, 2.45) is 34.5 Å². The summed E-state index contributed by atoms with van der Waals surface area (Å²) in [5.41, 5.74) is -0.721. The summed E-state index contributed by atoms with van der Waals surface area (Å²) in [6.45, 7) is 4.42. The van der Waals surface area contributed by atoms with E-state index >= 15 is 0 Å². The third-order valence-electron chi connectivity index (χ3n) is 13.2. The van der Waals surface area contributed by atoms with Crippen molar-refractivity contribution >= 4 is 23.6 Å². The maximum atomic E-state index is 12.6. The van der Waals surface area contributed by atoms with E-state index in [1.54, 1.807) is 6.08 Å². The van der Waals surface area contributed by atoms with Gasteiger partial charge in [0, 0.05) is 29.9 Å². The molecule has 3 saturated heterocycles. The molecule has 1 spiro atoms. The second-order valence-corrected chi connectivity index (χ2v) is 16.1. The summed E-state index contributed by atoms with van der Waals surface area (Å²) in [7, 11) is 0. The predicted molar refractivity (Wildman–Crippen MR) is 149 cm³/mol. The topological polar surface area (TPSA) is 144 Å². The Morgan fingerprint density at radius 1 is 1.05 bits per heavy atom. The molecule has 7 fully saturated rings. The van der Waals surface area contributed by atoms with Crippen molar-refractivity contribution < 1.29 is 43.9 Å². The van der Waals surface area contributed by atoms with Gasteiger partial charge in [-0.15, -0.1) is 11.8 Å². The highest BCUT2D eigenvalue weighted by Gasteiger charge is 2.72. The average Bonchev–Trinajstić information content (AvgIpc) is 3.62. The summed E-state index contributed by atoms with van der Waals surface area (Å²) in [6, 6.07) is 0. The number of ether oxygens (including phenoxy) is 4. The van der Waals surface area contributed by atoms with Crippen molar-refractivity contribution in [1.82, 2.24) is 5.32 Å². The van der Waals surface area contributed by atoms with E-state index in [1.165, 1.54) is 11.8 Å². The van der Waals surface area contributed by atoms with Gasteiger partial charge in [0.05, 0.1) is 29.7 Å². The van der Waals surface area contributed by atoms with Gasteiger partial charge < -0.3 is 39.6 Å². The van der Waals surface area contributed by atoms with E-state index in [0.717, 1.165) is 37.7 Å². The number of amides is 1. The number of carbonyl (C=O) groups excluding carboxylic acids is 2. The lowest BCUT2D eigenvalue weighted by atomic mass is 9.42. The van der Waals surface area contributed by atoms with Gasteiger partial charge in [-0.05, 0) is 87.5 Å². The Labute approximate surface area is 250 Å². The van der Waals surface area contributed by atoms with E-state index in [4.69, 9.17) is 18.9 Å². The molecule has 42 heavy (non-hydrogen) atoms. The van der Waals surface area contributed by atoms with Crippen LogP contribution in [0, 0.1) is 34.5 Å². The Morgan fingerprint density at radius 3 is 2.60 bits per heavy atom. The Kier molecular flexibility index (Phi) is 6.18. The lowest BCUT2D eigenvalue weighted by molar-refractivity contribution is -0.449. The monoisotopic (exact) mass is 605 g/mol. The summed E-state index contributed by atoms with van der Waals surface area (Å²) in [5, 5.41) is 38.9. The van der Waals surface area contributed by atoms with Crippen LogP contribution in [0.25, 0.3) is 0 Å². The van der Waals surface area contributed by atoms with Crippen molar-refractivity contribution in [2.75, 3.05) is 19.0 Å². The standard InChI is InChI=1S/C31H43NO9S/c1-16-11-30(32-24(34)14-42-30)31(37)26(39-16)40-22-10-18-3-4-21-20(28(18,15-33)12-23(22)41-31)5-7-27(2)19(6-8-29(21,27)36)17-9-25(35)38-13-17/h9,16,18-23,26,33,36-37H,3-8,10-15H2,1-2H3,(H,32,34)/t16-,18+,19-,20+,21-,22+,23+,26+,27-,28-,29+,30+,31-/m1/s1. The van der Waals surface area contributed by atoms with Crippen LogP contribution in [0.1, 0.15) is 71.6 Å². The first-order valence-electron chi connectivity index (χ1n) is 15.8. The molecule has 4 N–H and O–H groups in total. The van der Waals surface area contributed by atoms with Crippen molar-refractivity contribution in [1.29, 1.82) is 0 Å². The zero-order chi connectivity index (χ0) is 29.3. The van der Waals surface area contributed by atoms with Crippen LogP contribution in [-0.2, 0) is 28.5 Å². The SMILES string of the molecule is C[C@@H]1C[C@@]2(NC(=O)CS2)[C@]2(O)O[C@H]3C[C@@]4(CO)[C@@H](CC[C@@H]5[C@@H]4CC[C@]4(C)[C@@H](C6=CC(=O)OC6)CC[C@]54O)C[C@@H]3O[C@@H]2O1. The summed E-state index contributed by atoms with van der Waals surface area (Å²) < 4.78 is 24.5. The minimum absolute atomic E-state index is 0.0127. The van der Waals surface area contributed by atoms with E-state index < -0.39 is 34.1 Å². The second kappa shape index (κ2) is 9.17. The molecule has 4 aliphatic carbocycles. The van der Waals surface area contributed by atoms with Crippen LogP contribution < -0.4 is 5.32 Å². The molecular weight excluding hydrogens is 562 g/mol. The summed E-state index contributed by atoms with van der Waals surface area (Å²) in [4.78, 5) is 23.2. The molecule has 11 heteroatoms. The molecule has 4 aliphatic heterocycles. The van der Waals surface area contributed by atoms with Crippen LogP contribution in [0.15, 0.2) is 11.6 Å². The number of cyclic esters (lactones) is 1. The Balaban J connectivity index is 1.10. The Hall–Kier alpha value is -1.21. The van der Waals surface area contributed by atoms with Crippen LogP contribution in [0.3, 0.4) is 0 Å². The molecule has 0 aromatic heterocycles. The molecule has 4 heterocycles. The molecule has 13 atom stereocenters. The number of rotatable bonds is 2. The van der Waals surface area contributed by atoms with Crippen LogP contribution in [0.4, 0.5) is 0 Å². The van der Waals surface area contributed by atoms with Gasteiger partial charge in [-0.2, -0.15) is 0 Å². The molecule has 0 aromatic carbocycles. The molecule has 0 unspecified atom stereocenters. The van der Waals surface area contributed by atoms with E-state index in [1.807, 2.05) is 6.92 Å². The molecule has 232 valence electrons. The molecule has 0 radical (unpaired) electrons. The second-order valence-electron chi connectivity index (χ2n) is 14.8. The minimum atomic E-state index is -1.86. The average molecular weight is 606 g/mol. The number of fused-ring (bicyclic) bond motifs is 8. The van der Waals surface area contributed by atoms with Gasteiger partial charge in [0.2, 0.25) is 12.2 Å². The van der Waals surface area contributed by atoms with Crippen molar-refractivity contribution in [2.45, 2.75) is 112 Å². The van der Waals surface area contributed by atoms with Crippen LogP contribution >= 0.6 is 11.8 Å². The van der Waals surface area contributed by atoms with Crippen molar-refractivity contribution in [3.8, 4) is 0 Å². The summed E-state index contributed by atoms with van der Waals surface area (Å²) in [6.07, 6.45) is 6.18. The number of thioether (sulfide) groups is 1. The van der Waals surface area contributed by atoms with Gasteiger partial charge in [0.1, 0.15) is 11.5 Å². The van der Waals surface area contributed by atoms with Crippen molar-refractivity contribution in [3.05, 3.63) is 11.6 Å². The number of hydrogen-bond donors (Lipinski definition) is 4. The number of carbonyl (C=O) groups is 2. The van der Waals surface area contributed by atoms with Gasteiger partial charge in [-0.25, -0.2) is 4.79 Å². The number of nitrogens with one attached hydrogen (secondary N) is 1. The predicted octanol–water partition coefficient (Wildman–Crippen LogP) is 1.99. The Bertz CT molecular complexity index is 1230. The summed E-state index contributed by atoms with van der Waals surface area (Å²) >= 11 is 1.35. The zero-order valence-electron chi connectivity index (χ0n) is 24.4. The fourth-order valence-corrected chi connectivity index (χ4v) is 12.6. The highest BCUT2D eigenvalue weighted by Crippen LogP contribution is 2.70. The normalized spacial score (nSPS) is 56.5. The molecule has 0 bridgehead atoms. The fourth-order valence-electron chi connectivity index (χ4n) is 11.3. The molecule has 4 saturated carbocycles. The number of hydrogen-bond acceptors (Lipinski definition) is 10. The van der Waals surface area contributed by atoms with E-state index in [0.29, 0.717) is 32.3 Å². The van der Waals surface area contributed by atoms with Crippen LogP contribution in [0.5, 0.6) is 0 Å². The molecule has 1 amide bonds. The third-order valence-corrected chi connectivity index (χ3v) is 14.7. The Morgan fingerprint density at radius 2 is 1.88 bits per heavy atom. The first kappa shape index (κ1) is 28.3. The van der Waals surface area contributed by atoms with Gasteiger partial charge >= 0.3 is 5.97 Å². The largest absolute Gasteiger partial charge is 0.458 e. The summed E-state index contributed by atoms with van der Waals surface area (Å²) in [5.74, 6) is -1.62. The third kappa shape index (κ3) is 3.50. The van der Waals surface area contributed by atoms with E-state index in [-0.39, 0.29) is 65.5 Å². The van der Waals surface area contributed by atoms with Gasteiger partial charge in [-0.3, -0.25) is 4.79 Å². The highest BCUT2D eigenvalue weighted by molar-refractivity contribution is 8.01. The van der Waals surface area contributed by atoms with Gasteiger partial charge in [0.15, 0.2) is 0 Å². The molecule has 10 nitrogen and oxygen atoms in total. The maximum Gasteiger partial charge on any atom is 0.331 e. The number of aliphatic hydroxyl groups excluding tert-OH is 1. The highest BCUT2D eigenvalue weighted by atomic mass is 32.2. The lowest BCUT2D eigenvalue weighted by Gasteiger charge is -2.66. The fraction of sp³-hybridized carbons (Fsp3) is 0.871. The minimum Gasteiger partial charge on any atom is -0.458 e.